The van der Waals surface area contributed by atoms with Crippen LogP contribution >= 0.6 is 67.8 Å². The van der Waals surface area contributed by atoms with Crippen LogP contribution in [0.1, 0.15) is 12.0 Å². The van der Waals surface area contributed by atoms with Crippen LogP contribution in [0.5, 0.6) is 0 Å². The van der Waals surface area contributed by atoms with Gasteiger partial charge in [0.05, 0.1) is 12.0 Å². The smallest absolute Gasteiger partial charge is 0.481 e. The van der Waals surface area contributed by atoms with Gasteiger partial charge in [-0.1, -0.05) is 0 Å². The molecule has 0 aliphatic carbocycles. The molecule has 1 rings (SSSR count). The van der Waals surface area contributed by atoms with Gasteiger partial charge < -0.3 is 10.0 Å². The van der Waals surface area contributed by atoms with Crippen LogP contribution in [0.15, 0.2) is 11.1 Å². The van der Waals surface area contributed by atoms with E-state index in [0.717, 1.165) is 22.0 Å². The predicted octanol–water partition coefficient (Wildman–Crippen LogP) is 0.743. The number of benzene rings is 1. The van der Waals surface area contributed by atoms with Crippen molar-refractivity contribution in [3.8, 4) is 0 Å². The Bertz CT molecular complexity index is 522. The molecule has 0 saturated carbocycles. The minimum absolute atomic E-state index is 0. The Balaban J connectivity index is 0.00000361. The monoisotopic (exact) mass is 621 g/mol. The van der Waals surface area contributed by atoms with E-state index in [1.54, 1.807) is 6.34 Å². The number of aliphatic imine (C=N–C) groups is 1. The summed E-state index contributed by atoms with van der Waals surface area (Å²) >= 11 is 6.76. The van der Waals surface area contributed by atoms with E-state index in [1.807, 2.05) is 25.1 Å². The maximum Gasteiger partial charge on any atom is 1.00 e. The summed E-state index contributed by atoms with van der Waals surface area (Å²) in [6.07, 6.45) is 2.43. The van der Waals surface area contributed by atoms with Crippen LogP contribution in [0.2, 0.25) is 0 Å². The summed E-state index contributed by atoms with van der Waals surface area (Å²) in [4.78, 5) is 17.1. The van der Waals surface area contributed by atoms with E-state index in [-0.39, 0.29) is 36.0 Å². The standard InChI is InChI=1S/C12H13I3N2O2.Na/c1-17(2)6-16-12-9(14)5-8(13)7(11(12)15)3-4-10(18)19;/h5-6H,3-4H2,1-2H3,(H,18,19);/q;+1. The minimum Gasteiger partial charge on any atom is -0.481 e. The molecule has 0 amide bonds. The third-order valence-corrected chi connectivity index (χ3v) is 5.19. The number of aliphatic carboxylic acids is 1. The van der Waals surface area contributed by atoms with Crippen LogP contribution < -0.4 is 29.6 Å². The summed E-state index contributed by atoms with van der Waals surface area (Å²) in [5.41, 5.74) is 1.98. The number of nitrogens with zero attached hydrogens (tertiary/aromatic N) is 2. The van der Waals surface area contributed by atoms with Crippen LogP contribution in [0.4, 0.5) is 5.69 Å². The van der Waals surface area contributed by atoms with Crippen LogP contribution in [0, 0.1) is 10.7 Å². The van der Waals surface area contributed by atoms with E-state index in [0.29, 0.717) is 6.42 Å². The molecule has 0 unspecified atom stereocenters. The maximum atomic E-state index is 10.7. The normalized spacial score (nSPS) is 10.4. The van der Waals surface area contributed by atoms with Gasteiger partial charge in [0.25, 0.3) is 0 Å². The Morgan fingerprint density at radius 2 is 1.95 bits per heavy atom. The molecule has 0 aliphatic heterocycles. The second kappa shape index (κ2) is 10.2. The number of carboxylic acid groups (broad SMARTS) is 1. The first kappa shape index (κ1) is 21.4. The second-order valence-corrected chi connectivity index (χ2v) is 7.49. The number of hydrogen-bond donors (Lipinski definition) is 1. The van der Waals surface area contributed by atoms with Crippen molar-refractivity contribution in [1.82, 2.24) is 4.90 Å². The fourth-order valence-electron chi connectivity index (χ4n) is 1.37. The first-order valence-electron chi connectivity index (χ1n) is 5.41. The Labute approximate surface area is 181 Å². The number of rotatable bonds is 5. The van der Waals surface area contributed by atoms with E-state index < -0.39 is 5.97 Å². The van der Waals surface area contributed by atoms with E-state index >= 15 is 0 Å². The van der Waals surface area contributed by atoms with Crippen LogP contribution in [0.25, 0.3) is 0 Å². The average Bonchev–Trinajstić information content (AvgIpc) is 2.27. The fraction of sp³-hybridized carbons (Fsp3) is 0.333. The van der Waals surface area contributed by atoms with Crippen molar-refractivity contribution in [1.29, 1.82) is 0 Å². The number of carbonyl (C=O) groups is 1. The SMILES string of the molecule is CN(C)C=Nc1c(I)cc(I)c(CCC(=O)O)c1I.[Na+]. The van der Waals surface area contributed by atoms with Crippen molar-refractivity contribution in [2.75, 3.05) is 14.1 Å². The summed E-state index contributed by atoms with van der Waals surface area (Å²) in [6, 6.07) is 2.04. The molecule has 0 aromatic heterocycles. The van der Waals surface area contributed by atoms with Crippen molar-refractivity contribution in [2.24, 2.45) is 4.99 Å². The van der Waals surface area contributed by atoms with E-state index in [2.05, 4.69) is 72.8 Å². The molecule has 0 saturated heterocycles. The van der Waals surface area contributed by atoms with Gasteiger partial charge in [0.1, 0.15) is 0 Å². The predicted molar refractivity (Wildman–Crippen MR) is 102 cm³/mol. The molecule has 1 N–H and O–H groups in total. The van der Waals surface area contributed by atoms with Crippen molar-refractivity contribution < 1.29 is 39.5 Å². The topological polar surface area (TPSA) is 52.9 Å². The zero-order valence-corrected chi connectivity index (χ0v) is 19.9. The van der Waals surface area contributed by atoms with Crippen LogP contribution in [-0.4, -0.2) is 36.4 Å². The Morgan fingerprint density at radius 3 is 2.45 bits per heavy atom. The van der Waals surface area contributed by atoms with E-state index in [9.17, 15) is 4.79 Å². The molecule has 104 valence electrons. The third-order valence-electron chi connectivity index (χ3n) is 2.25. The molecule has 8 heteroatoms. The van der Waals surface area contributed by atoms with Gasteiger partial charge in [-0.05, 0) is 85.8 Å². The zero-order valence-electron chi connectivity index (χ0n) is 11.5. The van der Waals surface area contributed by atoms with Crippen LogP contribution in [0.3, 0.4) is 0 Å². The quantitative estimate of drug-likeness (QED) is 0.229. The van der Waals surface area contributed by atoms with Gasteiger partial charge in [0, 0.05) is 31.2 Å². The van der Waals surface area contributed by atoms with Crippen molar-refractivity contribution in [2.45, 2.75) is 12.8 Å². The molecule has 0 bridgehead atoms. The van der Waals surface area contributed by atoms with Crippen molar-refractivity contribution in [3.05, 3.63) is 22.3 Å². The van der Waals surface area contributed by atoms with Crippen molar-refractivity contribution >= 4 is 85.8 Å². The number of halogens is 3. The van der Waals surface area contributed by atoms with Gasteiger partial charge in [-0.2, -0.15) is 0 Å². The average molecular weight is 621 g/mol. The van der Waals surface area contributed by atoms with Crippen LogP contribution in [-0.2, 0) is 11.2 Å². The van der Waals surface area contributed by atoms with E-state index in [4.69, 9.17) is 5.11 Å². The number of hydrogen-bond acceptors (Lipinski definition) is 2. The molecule has 20 heavy (non-hydrogen) atoms. The summed E-state index contributed by atoms with van der Waals surface area (Å²) in [5.74, 6) is -0.775. The Kier molecular flexibility index (Phi) is 10.9. The Morgan fingerprint density at radius 1 is 1.35 bits per heavy atom. The maximum absolute atomic E-state index is 10.7. The molecule has 0 aliphatic rings. The molecule has 1 aromatic carbocycles. The van der Waals surface area contributed by atoms with Gasteiger partial charge in [-0.25, -0.2) is 4.99 Å². The second-order valence-electron chi connectivity index (χ2n) is 4.08. The molecular formula is C12H13I3N2NaO2+. The molecule has 4 nitrogen and oxygen atoms in total. The van der Waals surface area contributed by atoms with Gasteiger partial charge >= 0.3 is 35.5 Å². The summed E-state index contributed by atoms with van der Waals surface area (Å²) in [6.45, 7) is 0. The minimum atomic E-state index is -0.775. The summed E-state index contributed by atoms with van der Waals surface area (Å²) in [5, 5.41) is 8.81. The van der Waals surface area contributed by atoms with Gasteiger partial charge in [0.15, 0.2) is 0 Å². The molecule has 1 aromatic rings. The molecule has 0 radical (unpaired) electrons. The van der Waals surface area contributed by atoms with Gasteiger partial charge in [-0.3, -0.25) is 4.79 Å². The summed E-state index contributed by atoms with van der Waals surface area (Å²) in [7, 11) is 3.84. The first-order valence-corrected chi connectivity index (χ1v) is 8.65. The Hall–Kier alpha value is 1.35. The molecule has 0 spiro atoms. The molecule has 0 fully saturated rings. The zero-order chi connectivity index (χ0) is 14.6. The molecule has 0 atom stereocenters. The van der Waals surface area contributed by atoms with E-state index in [1.165, 1.54) is 0 Å². The largest absolute Gasteiger partial charge is 1.00 e. The first-order chi connectivity index (χ1) is 8.82. The van der Waals surface area contributed by atoms with Crippen molar-refractivity contribution in [3.63, 3.8) is 0 Å². The fourth-order valence-corrected chi connectivity index (χ4v) is 5.56. The number of carboxylic acids is 1. The summed E-state index contributed by atoms with van der Waals surface area (Å²) < 4.78 is 3.20. The van der Waals surface area contributed by atoms with Gasteiger partial charge in [0.2, 0.25) is 0 Å². The molecule has 0 heterocycles. The molecular weight excluding hydrogens is 608 g/mol. The third kappa shape index (κ3) is 6.63. The van der Waals surface area contributed by atoms with Gasteiger partial charge in [-0.15, -0.1) is 0 Å².